The van der Waals surface area contributed by atoms with Crippen LogP contribution in [0.2, 0.25) is 0 Å². The molecule has 0 bridgehead atoms. The van der Waals surface area contributed by atoms with Crippen LogP contribution in [0.4, 0.5) is 10.2 Å². The molecular formula is C15H26FN3. The average molecular weight is 267 g/mol. The third-order valence-electron chi connectivity index (χ3n) is 3.30. The molecule has 0 saturated carbocycles. The van der Waals surface area contributed by atoms with Crippen LogP contribution < -0.4 is 10.2 Å². The van der Waals surface area contributed by atoms with Crippen molar-refractivity contribution in [1.82, 2.24) is 10.3 Å². The van der Waals surface area contributed by atoms with E-state index in [-0.39, 0.29) is 5.82 Å². The lowest BCUT2D eigenvalue weighted by atomic mass is 10.1. The van der Waals surface area contributed by atoms with E-state index in [4.69, 9.17) is 0 Å². The molecule has 0 amide bonds. The Morgan fingerprint density at radius 3 is 2.79 bits per heavy atom. The van der Waals surface area contributed by atoms with Crippen LogP contribution in [-0.2, 0) is 6.54 Å². The first-order valence-corrected chi connectivity index (χ1v) is 7.14. The van der Waals surface area contributed by atoms with Gasteiger partial charge in [-0.2, -0.15) is 0 Å². The number of aromatic nitrogens is 1. The van der Waals surface area contributed by atoms with Gasteiger partial charge >= 0.3 is 0 Å². The maximum absolute atomic E-state index is 13.3. The number of pyridine rings is 1. The summed E-state index contributed by atoms with van der Waals surface area (Å²) in [5, 5.41) is 3.31. The number of hydrogen-bond donors (Lipinski definition) is 1. The average Bonchev–Trinajstić information content (AvgIpc) is 2.38. The number of nitrogens with zero attached hydrogens (tertiary/aromatic N) is 2. The Morgan fingerprint density at radius 2 is 2.16 bits per heavy atom. The summed E-state index contributed by atoms with van der Waals surface area (Å²) >= 11 is 0. The normalized spacial score (nSPS) is 12.5. The van der Waals surface area contributed by atoms with Gasteiger partial charge < -0.3 is 10.2 Å². The second kappa shape index (κ2) is 8.10. The zero-order valence-electron chi connectivity index (χ0n) is 12.5. The Balaban J connectivity index is 2.79. The smallest absolute Gasteiger partial charge is 0.141 e. The Morgan fingerprint density at radius 1 is 1.42 bits per heavy atom. The minimum absolute atomic E-state index is 0.269. The van der Waals surface area contributed by atoms with Crippen LogP contribution >= 0.6 is 0 Å². The summed E-state index contributed by atoms with van der Waals surface area (Å²) in [7, 11) is 2.02. The molecule has 3 nitrogen and oxygen atoms in total. The van der Waals surface area contributed by atoms with Gasteiger partial charge in [0.05, 0.1) is 6.20 Å². The molecule has 1 atom stereocenters. The van der Waals surface area contributed by atoms with Crippen LogP contribution in [0.1, 0.15) is 39.2 Å². The zero-order valence-corrected chi connectivity index (χ0v) is 12.5. The molecule has 1 N–H and O–H groups in total. The highest BCUT2D eigenvalue weighted by molar-refractivity contribution is 5.46. The third kappa shape index (κ3) is 5.15. The van der Waals surface area contributed by atoms with E-state index >= 15 is 0 Å². The van der Waals surface area contributed by atoms with Crippen LogP contribution in [0.25, 0.3) is 0 Å². The predicted molar refractivity (Wildman–Crippen MR) is 78.9 cm³/mol. The van der Waals surface area contributed by atoms with Gasteiger partial charge in [-0.1, -0.05) is 27.2 Å². The van der Waals surface area contributed by atoms with Crippen molar-refractivity contribution < 1.29 is 4.39 Å². The van der Waals surface area contributed by atoms with Gasteiger partial charge in [-0.15, -0.1) is 0 Å². The molecule has 1 aromatic rings. The van der Waals surface area contributed by atoms with Gasteiger partial charge in [0.1, 0.15) is 11.6 Å². The van der Waals surface area contributed by atoms with E-state index in [0.717, 1.165) is 37.3 Å². The Hall–Kier alpha value is -1.16. The van der Waals surface area contributed by atoms with Gasteiger partial charge in [-0.25, -0.2) is 9.37 Å². The number of anilines is 1. The fourth-order valence-corrected chi connectivity index (χ4v) is 2.03. The maximum atomic E-state index is 13.3. The zero-order chi connectivity index (χ0) is 14.3. The van der Waals surface area contributed by atoms with Gasteiger partial charge in [-0.3, -0.25) is 0 Å². The van der Waals surface area contributed by atoms with Gasteiger partial charge in [0.2, 0.25) is 0 Å². The summed E-state index contributed by atoms with van der Waals surface area (Å²) in [6.07, 6.45) is 3.50. The SMILES string of the molecule is CCCNCc1cc(F)cnc1N(C)CC(C)CC. The van der Waals surface area contributed by atoms with Gasteiger partial charge in [0, 0.05) is 25.7 Å². The summed E-state index contributed by atoms with van der Waals surface area (Å²) in [5.74, 6) is 1.22. The van der Waals surface area contributed by atoms with E-state index in [1.165, 1.54) is 6.20 Å². The Kier molecular flexibility index (Phi) is 6.78. The van der Waals surface area contributed by atoms with Crippen molar-refractivity contribution in [2.75, 3.05) is 25.0 Å². The van der Waals surface area contributed by atoms with Crippen molar-refractivity contribution in [2.45, 2.75) is 40.2 Å². The van der Waals surface area contributed by atoms with E-state index in [1.807, 2.05) is 7.05 Å². The number of hydrogen-bond acceptors (Lipinski definition) is 3. The molecule has 0 aliphatic heterocycles. The summed E-state index contributed by atoms with van der Waals surface area (Å²) < 4.78 is 13.3. The second-order valence-electron chi connectivity index (χ2n) is 5.21. The molecule has 108 valence electrons. The van der Waals surface area contributed by atoms with E-state index in [9.17, 15) is 4.39 Å². The van der Waals surface area contributed by atoms with E-state index in [0.29, 0.717) is 12.5 Å². The Labute approximate surface area is 116 Å². The molecule has 0 fully saturated rings. The highest BCUT2D eigenvalue weighted by Gasteiger charge is 2.12. The van der Waals surface area contributed by atoms with Crippen LogP contribution in [-0.4, -0.2) is 25.1 Å². The van der Waals surface area contributed by atoms with Crippen LogP contribution in [0.3, 0.4) is 0 Å². The molecule has 0 spiro atoms. The number of halogens is 1. The first-order chi connectivity index (χ1) is 9.08. The van der Waals surface area contributed by atoms with E-state index in [1.54, 1.807) is 6.07 Å². The van der Waals surface area contributed by atoms with E-state index in [2.05, 4.69) is 36.0 Å². The van der Waals surface area contributed by atoms with Crippen molar-refractivity contribution in [3.8, 4) is 0 Å². The minimum atomic E-state index is -0.269. The van der Waals surface area contributed by atoms with Gasteiger partial charge in [0.15, 0.2) is 0 Å². The topological polar surface area (TPSA) is 28.2 Å². The van der Waals surface area contributed by atoms with Crippen molar-refractivity contribution in [2.24, 2.45) is 5.92 Å². The van der Waals surface area contributed by atoms with Crippen molar-refractivity contribution in [1.29, 1.82) is 0 Å². The molecule has 1 heterocycles. The monoisotopic (exact) mass is 267 g/mol. The van der Waals surface area contributed by atoms with Crippen LogP contribution in [0, 0.1) is 11.7 Å². The second-order valence-corrected chi connectivity index (χ2v) is 5.21. The molecule has 0 aliphatic rings. The molecule has 0 aromatic carbocycles. The minimum Gasteiger partial charge on any atom is -0.359 e. The number of nitrogens with one attached hydrogen (secondary N) is 1. The van der Waals surface area contributed by atoms with Crippen molar-refractivity contribution in [3.63, 3.8) is 0 Å². The molecule has 4 heteroatoms. The molecule has 1 rings (SSSR count). The van der Waals surface area contributed by atoms with Crippen molar-refractivity contribution in [3.05, 3.63) is 23.6 Å². The van der Waals surface area contributed by atoms with E-state index < -0.39 is 0 Å². The lowest BCUT2D eigenvalue weighted by molar-refractivity contribution is 0.553. The largest absolute Gasteiger partial charge is 0.359 e. The lowest BCUT2D eigenvalue weighted by Crippen LogP contribution is -2.27. The maximum Gasteiger partial charge on any atom is 0.141 e. The molecule has 1 unspecified atom stereocenters. The van der Waals surface area contributed by atoms with Gasteiger partial charge in [-0.05, 0) is 24.9 Å². The summed E-state index contributed by atoms with van der Waals surface area (Å²) in [4.78, 5) is 6.38. The molecular weight excluding hydrogens is 241 g/mol. The standard InChI is InChI=1S/C15H26FN3/c1-5-7-17-9-13-8-14(16)10-18-15(13)19(4)11-12(3)6-2/h8,10,12,17H,5-7,9,11H2,1-4H3. The van der Waals surface area contributed by atoms with Crippen molar-refractivity contribution >= 4 is 5.82 Å². The molecule has 19 heavy (non-hydrogen) atoms. The lowest BCUT2D eigenvalue weighted by Gasteiger charge is -2.24. The summed E-state index contributed by atoms with van der Waals surface area (Å²) in [5.41, 5.74) is 0.930. The van der Waals surface area contributed by atoms with Crippen LogP contribution in [0.5, 0.6) is 0 Å². The Bertz CT molecular complexity index is 382. The van der Waals surface area contributed by atoms with Crippen LogP contribution in [0.15, 0.2) is 12.3 Å². The molecule has 0 saturated heterocycles. The number of rotatable bonds is 8. The predicted octanol–water partition coefficient (Wildman–Crippen LogP) is 3.20. The fourth-order valence-electron chi connectivity index (χ4n) is 2.03. The molecule has 1 aromatic heterocycles. The highest BCUT2D eigenvalue weighted by atomic mass is 19.1. The first kappa shape index (κ1) is 15.9. The van der Waals surface area contributed by atoms with Gasteiger partial charge in [0.25, 0.3) is 0 Å². The highest BCUT2D eigenvalue weighted by Crippen LogP contribution is 2.19. The first-order valence-electron chi connectivity index (χ1n) is 7.14. The third-order valence-corrected chi connectivity index (χ3v) is 3.30. The fraction of sp³-hybridized carbons (Fsp3) is 0.667. The molecule has 0 radical (unpaired) electrons. The quantitative estimate of drug-likeness (QED) is 0.733. The summed E-state index contributed by atoms with van der Waals surface area (Å²) in [6.45, 7) is 9.06. The molecule has 0 aliphatic carbocycles. The summed E-state index contributed by atoms with van der Waals surface area (Å²) in [6, 6.07) is 1.58.